The van der Waals surface area contributed by atoms with Crippen molar-refractivity contribution < 1.29 is 18.4 Å². The molecule has 0 spiro atoms. The van der Waals surface area contributed by atoms with Gasteiger partial charge in [0.25, 0.3) is 0 Å². The van der Waals surface area contributed by atoms with E-state index in [9.17, 15) is 9.18 Å². The van der Waals surface area contributed by atoms with Crippen LogP contribution in [0, 0.1) is 11.7 Å². The van der Waals surface area contributed by atoms with Crippen molar-refractivity contribution in [3.05, 3.63) is 65.8 Å². The lowest BCUT2D eigenvalue weighted by molar-refractivity contribution is -0.136. The maximum atomic E-state index is 13.9. The number of hydrogen-bond donors (Lipinski definition) is 0. The van der Waals surface area contributed by atoms with E-state index in [1.54, 1.807) is 25.1 Å². The summed E-state index contributed by atoms with van der Waals surface area (Å²) in [7, 11) is 3.37. The number of methoxy groups -OCH3 is 1. The zero-order chi connectivity index (χ0) is 22.5. The summed E-state index contributed by atoms with van der Waals surface area (Å²) in [5.41, 5.74) is 1.51. The van der Waals surface area contributed by atoms with Gasteiger partial charge in [0.15, 0.2) is 0 Å². The van der Waals surface area contributed by atoms with E-state index >= 15 is 0 Å². The average Bonchev–Trinajstić information content (AvgIpc) is 3.29. The second kappa shape index (κ2) is 9.91. The first kappa shape index (κ1) is 22.0. The number of benzene rings is 2. The fraction of sp³-hybridized carbons (Fsp3) is 0.375. The summed E-state index contributed by atoms with van der Waals surface area (Å²) < 4.78 is 24.4. The third-order valence-corrected chi connectivity index (χ3v) is 5.85. The molecule has 0 atom stereocenters. The third kappa shape index (κ3) is 5.13. The van der Waals surface area contributed by atoms with Gasteiger partial charge in [-0.25, -0.2) is 4.39 Å². The van der Waals surface area contributed by atoms with Crippen molar-refractivity contribution in [1.82, 2.24) is 19.9 Å². The Morgan fingerprint density at radius 2 is 1.91 bits per heavy atom. The first-order chi connectivity index (χ1) is 15.5. The number of hydrogen-bond acceptors (Lipinski definition) is 6. The summed E-state index contributed by atoms with van der Waals surface area (Å²) in [4.78, 5) is 21.2. The van der Waals surface area contributed by atoms with Gasteiger partial charge >= 0.3 is 0 Å². The predicted octanol–water partition coefficient (Wildman–Crippen LogP) is 3.75. The predicted molar refractivity (Wildman–Crippen MR) is 117 cm³/mol. The first-order valence-corrected chi connectivity index (χ1v) is 10.7. The molecule has 1 aromatic heterocycles. The van der Waals surface area contributed by atoms with Crippen molar-refractivity contribution in [3.63, 3.8) is 0 Å². The van der Waals surface area contributed by atoms with Crippen molar-refractivity contribution in [3.8, 4) is 17.1 Å². The van der Waals surface area contributed by atoms with Crippen LogP contribution in [-0.2, 0) is 17.9 Å². The summed E-state index contributed by atoms with van der Waals surface area (Å²) in [5.74, 6) is 1.45. The van der Waals surface area contributed by atoms with Gasteiger partial charge in [0.2, 0.25) is 17.6 Å². The molecule has 3 aromatic rings. The number of ether oxygens (including phenoxy) is 1. The Balaban J connectivity index is 1.29. The van der Waals surface area contributed by atoms with Gasteiger partial charge in [-0.05, 0) is 56.3 Å². The fourth-order valence-corrected chi connectivity index (χ4v) is 3.97. The summed E-state index contributed by atoms with van der Waals surface area (Å²) in [6.07, 6.45) is 1.50. The van der Waals surface area contributed by atoms with Crippen LogP contribution in [0.4, 0.5) is 4.39 Å². The van der Waals surface area contributed by atoms with E-state index in [4.69, 9.17) is 9.26 Å². The fourth-order valence-electron chi connectivity index (χ4n) is 3.97. The molecule has 8 heteroatoms. The highest BCUT2D eigenvalue weighted by atomic mass is 19.1. The van der Waals surface area contributed by atoms with Crippen LogP contribution in [0.1, 0.15) is 24.3 Å². The number of nitrogens with zero attached hydrogens (tertiary/aromatic N) is 4. The largest absolute Gasteiger partial charge is 0.497 e. The van der Waals surface area contributed by atoms with Crippen molar-refractivity contribution in [1.29, 1.82) is 0 Å². The molecule has 0 radical (unpaired) electrons. The van der Waals surface area contributed by atoms with E-state index in [0.717, 1.165) is 37.2 Å². The molecule has 1 fully saturated rings. The van der Waals surface area contributed by atoms with Gasteiger partial charge in [0.05, 0.1) is 13.7 Å². The van der Waals surface area contributed by atoms with Crippen molar-refractivity contribution in [2.24, 2.45) is 5.92 Å². The van der Waals surface area contributed by atoms with E-state index in [2.05, 4.69) is 15.0 Å². The second-order valence-corrected chi connectivity index (χ2v) is 8.08. The van der Waals surface area contributed by atoms with Crippen molar-refractivity contribution in [2.45, 2.75) is 25.9 Å². The minimum Gasteiger partial charge on any atom is -0.497 e. The highest BCUT2D eigenvalue weighted by Gasteiger charge is 2.28. The average molecular weight is 439 g/mol. The van der Waals surface area contributed by atoms with Crippen molar-refractivity contribution >= 4 is 5.91 Å². The molecule has 0 aliphatic carbocycles. The lowest BCUT2D eigenvalue weighted by Gasteiger charge is -2.33. The van der Waals surface area contributed by atoms with Gasteiger partial charge in [0, 0.05) is 30.6 Å². The molecule has 0 bridgehead atoms. The molecule has 4 rings (SSSR count). The first-order valence-electron chi connectivity index (χ1n) is 10.7. The lowest BCUT2D eigenvalue weighted by atomic mass is 9.95. The van der Waals surface area contributed by atoms with Crippen LogP contribution in [0.25, 0.3) is 11.4 Å². The van der Waals surface area contributed by atoms with Gasteiger partial charge in [-0.1, -0.05) is 23.4 Å². The summed E-state index contributed by atoms with van der Waals surface area (Å²) in [5, 5.41) is 4.02. The molecular formula is C24H27FN4O3. The number of aromatic nitrogens is 2. The van der Waals surface area contributed by atoms with Gasteiger partial charge in [-0.15, -0.1) is 0 Å². The monoisotopic (exact) mass is 438 g/mol. The van der Waals surface area contributed by atoms with Gasteiger partial charge < -0.3 is 14.2 Å². The highest BCUT2D eigenvalue weighted by molar-refractivity contribution is 5.78. The molecule has 0 N–H and O–H groups in total. The normalized spacial score (nSPS) is 15.0. The van der Waals surface area contributed by atoms with Gasteiger partial charge in [-0.2, -0.15) is 4.98 Å². The molecule has 2 aromatic carbocycles. The topological polar surface area (TPSA) is 71.7 Å². The molecule has 7 nitrogen and oxygen atoms in total. The molecule has 2 heterocycles. The van der Waals surface area contributed by atoms with E-state index < -0.39 is 0 Å². The van der Waals surface area contributed by atoms with Gasteiger partial charge in [0.1, 0.15) is 11.6 Å². The van der Waals surface area contributed by atoms with E-state index in [-0.39, 0.29) is 24.2 Å². The minimum atomic E-state index is -0.181. The SMILES string of the molecule is COc1ccc(-c2noc(CN(C)C(=O)C3CCN(Cc4ccccc4F)CC3)n2)cc1. The van der Waals surface area contributed by atoms with E-state index in [1.165, 1.54) is 6.07 Å². The Bertz CT molecular complexity index is 1050. The zero-order valence-corrected chi connectivity index (χ0v) is 18.3. The Hall–Kier alpha value is -3.26. The number of piperidine rings is 1. The number of carbonyl (C=O) groups is 1. The van der Waals surface area contributed by atoms with Crippen molar-refractivity contribution in [2.75, 3.05) is 27.2 Å². The lowest BCUT2D eigenvalue weighted by Crippen LogP contribution is -2.40. The van der Waals surface area contributed by atoms with Crippen LogP contribution in [0.15, 0.2) is 53.1 Å². The standard InChI is InChI=1S/C24H27FN4O3/c1-28(16-22-26-23(27-32-22)17-7-9-20(31-2)10-8-17)24(30)18-11-13-29(14-12-18)15-19-5-3-4-6-21(19)25/h3-10,18H,11-16H2,1-2H3. The Morgan fingerprint density at radius 1 is 1.19 bits per heavy atom. The molecule has 32 heavy (non-hydrogen) atoms. The summed E-state index contributed by atoms with van der Waals surface area (Å²) in [6, 6.07) is 14.2. The van der Waals surface area contributed by atoms with E-state index in [1.807, 2.05) is 36.4 Å². The summed E-state index contributed by atoms with van der Waals surface area (Å²) in [6.45, 7) is 2.36. The molecule has 1 saturated heterocycles. The second-order valence-electron chi connectivity index (χ2n) is 8.08. The maximum absolute atomic E-state index is 13.9. The van der Waals surface area contributed by atoms with Crippen LogP contribution in [-0.4, -0.2) is 53.1 Å². The molecule has 1 amide bonds. The minimum absolute atomic E-state index is 0.0548. The van der Waals surface area contributed by atoms with E-state index in [0.29, 0.717) is 23.8 Å². The van der Waals surface area contributed by atoms with Crippen LogP contribution < -0.4 is 4.74 Å². The van der Waals surface area contributed by atoms with Crippen LogP contribution >= 0.6 is 0 Å². The van der Waals surface area contributed by atoms with Crippen LogP contribution in [0.3, 0.4) is 0 Å². The Kier molecular flexibility index (Phi) is 6.80. The molecule has 168 valence electrons. The van der Waals surface area contributed by atoms with Gasteiger partial charge in [-0.3, -0.25) is 9.69 Å². The maximum Gasteiger partial charge on any atom is 0.246 e. The molecule has 1 aliphatic rings. The third-order valence-electron chi connectivity index (χ3n) is 5.85. The molecule has 0 unspecified atom stereocenters. The number of likely N-dealkylation sites (tertiary alicyclic amines) is 1. The molecule has 0 saturated carbocycles. The number of amides is 1. The number of rotatable bonds is 7. The summed E-state index contributed by atoms with van der Waals surface area (Å²) >= 11 is 0. The highest BCUT2D eigenvalue weighted by Crippen LogP contribution is 2.23. The smallest absolute Gasteiger partial charge is 0.246 e. The number of carbonyl (C=O) groups excluding carboxylic acids is 1. The molecular weight excluding hydrogens is 411 g/mol. The van der Waals surface area contributed by atoms with Crippen LogP contribution in [0.2, 0.25) is 0 Å². The quantitative estimate of drug-likeness (QED) is 0.560. The zero-order valence-electron chi connectivity index (χ0n) is 18.3. The molecule has 1 aliphatic heterocycles. The van der Waals surface area contributed by atoms with Crippen LogP contribution in [0.5, 0.6) is 5.75 Å². The number of halogens is 1. The Morgan fingerprint density at radius 3 is 2.59 bits per heavy atom. The Labute approximate surface area is 186 Å².